The summed E-state index contributed by atoms with van der Waals surface area (Å²) in [7, 11) is 1.30. The van der Waals surface area contributed by atoms with Gasteiger partial charge < -0.3 is 10.1 Å². The van der Waals surface area contributed by atoms with E-state index < -0.39 is 30.3 Å². The van der Waals surface area contributed by atoms with Gasteiger partial charge in [0.25, 0.3) is 11.7 Å². The van der Waals surface area contributed by atoms with Crippen molar-refractivity contribution in [3.05, 3.63) is 23.9 Å². The van der Waals surface area contributed by atoms with Crippen LogP contribution in [0.5, 0.6) is 0 Å². The molecule has 0 spiro atoms. The molecule has 7 nitrogen and oxygen atoms in total. The number of alkyl halides is 2. The number of amides is 3. The molecule has 0 aromatic carbocycles. The number of ether oxygens (including phenoxy) is 1. The second-order valence-corrected chi connectivity index (χ2v) is 4.42. The minimum atomic E-state index is -2.75. The van der Waals surface area contributed by atoms with Gasteiger partial charge in [-0.05, 0) is 23.9 Å². The van der Waals surface area contributed by atoms with Gasteiger partial charge in [0.2, 0.25) is 0 Å². The summed E-state index contributed by atoms with van der Waals surface area (Å²) in [5.41, 5.74) is -0.185. The largest absolute Gasteiger partial charge is 0.452 e. The number of hydrogen-bond donors (Lipinski definition) is 2. The number of carbonyl (C=O) groups excluding carboxylic acids is 3. The highest BCUT2D eigenvalue weighted by molar-refractivity contribution is 7.99. The second-order valence-electron chi connectivity index (χ2n) is 3.44. The first-order chi connectivity index (χ1) is 9.93. The molecule has 0 aliphatic heterocycles. The van der Waals surface area contributed by atoms with Crippen LogP contribution in [0, 0.1) is 0 Å². The smallest absolute Gasteiger partial charge is 0.341 e. The first-order valence-corrected chi connectivity index (χ1v) is 6.40. The fraction of sp³-hybridized carbons (Fsp3) is 0.273. The fourth-order valence-electron chi connectivity index (χ4n) is 1.16. The van der Waals surface area contributed by atoms with Gasteiger partial charge in [-0.2, -0.15) is 8.78 Å². The SMILES string of the molecule is CNC(=O)NC(=O)COC(=O)c1cccnc1SC(F)F. The number of hydrogen-bond acceptors (Lipinski definition) is 6. The van der Waals surface area contributed by atoms with Gasteiger partial charge in [0, 0.05) is 13.2 Å². The zero-order valence-corrected chi connectivity index (χ0v) is 11.6. The Bertz CT molecular complexity index is 542. The Morgan fingerprint density at radius 1 is 1.43 bits per heavy atom. The van der Waals surface area contributed by atoms with E-state index in [1.807, 2.05) is 5.32 Å². The fourth-order valence-corrected chi connectivity index (χ4v) is 1.73. The van der Waals surface area contributed by atoms with Crippen molar-refractivity contribution in [2.45, 2.75) is 10.8 Å². The van der Waals surface area contributed by atoms with Crippen molar-refractivity contribution in [3.8, 4) is 0 Å². The van der Waals surface area contributed by atoms with Crippen LogP contribution < -0.4 is 10.6 Å². The lowest BCUT2D eigenvalue weighted by Gasteiger charge is -2.08. The molecule has 2 N–H and O–H groups in total. The molecule has 0 radical (unpaired) electrons. The summed E-state index contributed by atoms with van der Waals surface area (Å²) in [4.78, 5) is 37.4. The van der Waals surface area contributed by atoms with Crippen molar-refractivity contribution in [2.24, 2.45) is 0 Å². The average Bonchev–Trinajstić information content (AvgIpc) is 2.44. The molecular weight excluding hydrogens is 308 g/mol. The van der Waals surface area contributed by atoms with E-state index in [-0.39, 0.29) is 22.4 Å². The molecule has 0 atom stereocenters. The lowest BCUT2D eigenvalue weighted by molar-refractivity contribution is -0.123. The molecule has 21 heavy (non-hydrogen) atoms. The van der Waals surface area contributed by atoms with Crippen LogP contribution in [-0.4, -0.2) is 42.3 Å². The summed E-state index contributed by atoms with van der Waals surface area (Å²) in [6.45, 7) is -0.722. The second kappa shape index (κ2) is 8.15. The minimum Gasteiger partial charge on any atom is -0.452 e. The van der Waals surface area contributed by atoms with Crippen LogP contribution in [0.1, 0.15) is 10.4 Å². The molecule has 0 fully saturated rings. The van der Waals surface area contributed by atoms with Crippen molar-refractivity contribution < 1.29 is 27.9 Å². The van der Waals surface area contributed by atoms with E-state index in [1.165, 1.54) is 25.4 Å². The van der Waals surface area contributed by atoms with Crippen LogP contribution in [0.4, 0.5) is 13.6 Å². The van der Waals surface area contributed by atoms with Crippen LogP contribution in [0.25, 0.3) is 0 Å². The van der Waals surface area contributed by atoms with Crippen molar-refractivity contribution in [1.82, 2.24) is 15.6 Å². The third-order valence-electron chi connectivity index (χ3n) is 2.01. The molecule has 1 aromatic rings. The van der Waals surface area contributed by atoms with Gasteiger partial charge in [-0.25, -0.2) is 14.6 Å². The number of thioether (sulfide) groups is 1. The number of halogens is 2. The number of rotatable bonds is 5. The maximum absolute atomic E-state index is 12.3. The Balaban J connectivity index is 2.64. The van der Waals surface area contributed by atoms with Crippen molar-refractivity contribution in [1.29, 1.82) is 0 Å². The predicted molar refractivity (Wildman–Crippen MR) is 69.0 cm³/mol. The zero-order valence-electron chi connectivity index (χ0n) is 10.8. The molecule has 3 amide bonds. The van der Waals surface area contributed by atoms with E-state index in [9.17, 15) is 23.2 Å². The number of esters is 1. The lowest BCUT2D eigenvalue weighted by atomic mass is 10.3. The number of urea groups is 1. The van der Waals surface area contributed by atoms with Gasteiger partial charge in [0.05, 0.1) is 5.56 Å². The average molecular weight is 319 g/mol. The highest BCUT2D eigenvalue weighted by Gasteiger charge is 2.19. The molecule has 0 aliphatic carbocycles. The van der Waals surface area contributed by atoms with Gasteiger partial charge in [-0.1, -0.05) is 0 Å². The Kier molecular flexibility index (Phi) is 6.53. The normalized spacial score (nSPS) is 10.1. The summed E-state index contributed by atoms with van der Waals surface area (Å²) >= 11 is 0.0920. The number of pyridine rings is 1. The zero-order chi connectivity index (χ0) is 15.8. The summed E-state index contributed by atoms with van der Waals surface area (Å²) < 4.78 is 29.3. The third-order valence-corrected chi connectivity index (χ3v) is 2.73. The molecular formula is C11H11F2N3O4S. The molecule has 0 saturated carbocycles. The van der Waals surface area contributed by atoms with Gasteiger partial charge in [-0.3, -0.25) is 10.1 Å². The number of nitrogens with one attached hydrogen (secondary N) is 2. The van der Waals surface area contributed by atoms with E-state index in [0.29, 0.717) is 0 Å². The summed E-state index contributed by atoms with van der Waals surface area (Å²) in [6.07, 6.45) is 1.25. The molecule has 0 aliphatic rings. The highest BCUT2D eigenvalue weighted by atomic mass is 32.2. The monoisotopic (exact) mass is 319 g/mol. The lowest BCUT2D eigenvalue weighted by Crippen LogP contribution is -2.39. The Morgan fingerprint density at radius 2 is 2.14 bits per heavy atom. The van der Waals surface area contributed by atoms with Crippen LogP contribution in [-0.2, 0) is 9.53 Å². The van der Waals surface area contributed by atoms with E-state index >= 15 is 0 Å². The van der Waals surface area contributed by atoms with Crippen LogP contribution >= 0.6 is 11.8 Å². The standard InChI is InChI=1S/C11H11F2N3O4S/c1-14-11(19)16-7(17)5-20-9(18)6-3-2-4-15-8(6)21-10(12)13/h2-4,10H,5H2,1H3,(H2,14,16,17,19). The quantitative estimate of drug-likeness (QED) is 0.621. The summed E-state index contributed by atoms with van der Waals surface area (Å²) in [6, 6.07) is 1.86. The van der Waals surface area contributed by atoms with E-state index in [1.54, 1.807) is 0 Å². The van der Waals surface area contributed by atoms with Gasteiger partial charge in [-0.15, -0.1) is 0 Å². The molecule has 1 aromatic heterocycles. The van der Waals surface area contributed by atoms with Crippen LogP contribution in [0.2, 0.25) is 0 Å². The Morgan fingerprint density at radius 3 is 2.76 bits per heavy atom. The van der Waals surface area contributed by atoms with Crippen molar-refractivity contribution in [2.75, 3.05) is 13.7 Å². The molecule has 1 rings (SSSR count). The first-order valence-electron chi connectivity index (χ1n) is 5.52. The Labute approximate surface area is 122 Å². The maximum atomic E-state index is 12.3. The number of nitrogens with zero attached hydrogens (tertiary/aromatic N) is 1. The van der Waals surface area contributed by atoms with E-state index in [4.69, 9.17) is 0 Å². The maximum Gasteiger partial charge on any atom is 0.341 e. The summed E-state index contributed by atoms with van der Waals surface area (Å²) in [5.74, 6) is -4.59. The number of imide groups is 1. The predicted octanol–water partition coefficient (Wildman–Crippen LogP) is 1.01. The van der Waals surface area contributed by atoms with Gasteiger partial charge in [0.1, 0.15) is 5.03 Å². The van der Waals surface area contributed by atoms with Crippen LogP contribution in [0.15, 0.2) is 23.4 Å². The first kappa shape index (κ1) is 16.8. The van der Waals surface area contributed by atoms with Gasteiger partial charge in [0.15, 0.2) is 6.61 Å². The number of carbonyl (C=O) groups is 3. The van der Waals surface area contributed by atoms with E-state index in [0.717, 1.165) is 0 Å². The minimum absolute atomic E-state index is 0.0920. The molecule has 0 bridgehead atoms. The topological polar surface area (TPSA) is 97.4 Å². The van der Waals surface area contributed by atoms with Crippen molar-refractivity contribution >= 4 is 29.7 Å². The number of aromatic nitrogens is 1. The molecule has 114 valence electrons. The van der Waals surface area contributed by atoms with Gasteiger partial charge >= 0.3 is 12.0 Å². The Hall–Kier alpha value is -2.23. The third kappa shape index (κ3) is 5.73. The van der Waals surface area contributed by atoms with Crippen LogP contribution in [0.3, 0.4) is 0 Å². The van der Waals surface area contributed by atoms with Crippen molar-refractivity contribution in [3.63, 3.8) is 0 Å². The van der Waals surface area contributed by atoms with E-state index in [2.05, 4.69) is 15.0 Å². The molecule has 0 saturated heterocycles. The highest BCUT2D eigenvalue weighted by Crippen LogP contribution is 2.26. The molecule has 0 unspecified atom stereocenters. The molecule has 10 heteroatoms. The molecule has 1 heterocycles. The summed E-state index contributed by atoms with van der Waals surface area (Å²) in [5, 5.41) is 3.81.